The van der Waals surface area contributed by atoms with Crippen molar-refractivity contribution >= 4 is 40.0 Å². The van der Waals surface area contributed by atoms with Gasteiger partial charge in [0.2, 0.25) is 0 Å². The van der Waals surface area contributed by atoms with Crippen LogP contribution in [0.3, 0.4) is 0 Å². The number of carbonyl (C=O) groups is 3. The van der Waals surface area contributed by atoms with Gasteiger partial charge in [0.25, 0.3) is 5.91 Å². The molecule has 0 aromatic heterocycles. The largest absolute Gasteiger partial charge is 0.463 e. The molecule has 0 saturated heterocycles. The minimum Gasteiger partial charge on any atom is -0.463 e. The highest BCUT2D eigenvalue weighted by Gasteiger charge is 2.27. The van der Waals surface area contributed by atoms with E-state index in [2.05, 4.69) is 21.0 Å². The Morgan fingerprint density at radius 1 is 0.967 bits per heavy atom. The Morgan fingerprint density at radius 2 is 1.60 bits per heavy atom. The summed E-state index contributed by atoms with van der Waals surface area (Å²) in [6.07, 6.45) is 2.31. The van der Waals surface area contributed by atoms with E-state index >= 15 is 0 Å². The molecule has 0 aliphatic rings. The van der Waals surface area contributed by atoms with Crippen molar-refractivity contribution in [2.75, 3.05) is 13.2 Å². The van der Waals surface area contributed by atoms with Crippen molar-refractivity contribution in [3.8, 4) is 0 Å². The lowest BCUT2D eigenvalue weighted by molar-refractivity contribution is -0.142. The van der Waals surface area contributed by atoms with Crippen LogP contribution in [0.5, 0.6) is 0 Å². The van der Waals surface area contributed by atoms with Gasteiger partial charge in [0, 0.05) is 10.0 Å². The van der Waals surface area contributed by atoms with Crippen LogP contribution in [-0.4, -0.2) is 42.3 Å². The number of ether oxygens (including phenoxy) is 2. The van der Waals surface area contributed by atoms with E-state index in [-0.39, 0.29) is 24.5 Å². The van der Waals surface area contributed by atoms with Crippen molar-refractivity contribution < 1.29 is 23.9 Å². The predicted octanol–water partition coefficient (Wildman–Crippen LogP) is 3.94. The van der Waals surface area contributed by atoms with Crippen LogP contribution >= 0.6 is 15.9 Å². The molecule has 2 rings (SSSR count). The molecule has 0 aliphatic heterocycles. The average Bonchev–Trinajstić information content (AvgIpc) is 2.75. The lowest BCUT2D eigenvalue weighted by Gasteiger charge is -2.19. The summed E-state index contributed by atoms with van der Waals surface area (Å²) in [5, 5.41) is 5.02. The predicted molar refractivity (Wildman–Crippen MR) is 116 cm³/mol. The van der Waals surface area contributed by atoms with Gasteiger partial charge in [-0.15, -0.1) is 0 Å². The van der Waals surface area contributed by atoms with Gasteiger partial charge in [0.1, 0.15) is 0 Å². The van der Waals surface area contributed by atoms with Crippen LogP contribution < -0.4 is 0 Å². The highest BCUT2D eigenvalue weighted by Crippen LogP contribution is 2.16. The second kappa shape index (κ2) is 11.7. The molecule has 156 valence electrons. The van der Waals surface area contributed by atoms with Crippen LogP contribution in [0.4, 0.5) is 0 Å². The molecule has 0 saturated carbocycles. The second-order valence-corrected chi connectivity index (χ2v) is 6.70. The fourth-order valence-corrected chi connectivity index (χ4v) is 2.57. The first-order valence-corrected chi connectivity index (χ1v) is 10.00. The summed E-state index contributed by atoms with van der Waals surface area (Å²) in [6, 6.07) is 15.5. The fraction of sp³-hybridized carbons (Fsp3) is 0.182. The molecule has 0 heterocycles. The molecule has 0 aliphatic carbocycles. The summed E-state index contributed by atoms with van der Waals surface area (Å²) >= 11 is 3.35. The van der Waals surface area contributed by atoms with Gasteiger partial charge in [-0.25, -0.2) is 9.59 Å². The fourth-order valence-electron chi connectivity index (χ4n) is 2.31. The van der Waals surface area contributed by atoms with E-state index in [0.717, 1.165) is 15.6 Å². The number of benzene rings is 2. The van der Waals surface area contributed by atoms with Crippen molar-refractivity contribution in [3.63, 3.8) is 0 Å². The van der Waals surface area contributed by atoms with Crippen LogP contribution in [0.2, 0.25) is 0 Å². The van der Waals surface area contributed by atoms with Gasteiger partial charge >= 0.3 is 11.9 Å². The number of hydrogen-bond donors (Lipinski definition) is 0. The first-order chi connectivity index (χ1) is 14.5. The molecule has 0 unspecified atom stereocenters. The average molecular weight is 473 g/mol. The number of amides is 1. The third-order valence-corrected chi connectivity index (χ3v) is 4.19. The minimum absolute atomic E-state index is 0.0583. The van der Waals surface area contributed by atoms with Gasteiger partial charge in [-0.2, -0.15) is 10.1 Å². The summed E-state index contributed by atoms with van der Waals surface area (Å²) in [6.45, 7) is 3.42. The van der Waals surface area contributed by atoms with Gasteiger partial charge < -0.3 is 9.47 Å². The SMILES string of the molecule is CCOC(=O)/C=C(/C(=O)OCC)N(/N=C/c1ccc(Br)cc1)C(=O)c1ccccc1. The Morgan fingerprint density at radius 3 is 2.20 bits per heavy atom. The van der Waals surface area contributed by atoms with Crippen molar-refractivity contribution in [2.24, 2.45) is 5.10 Å². The summed E-state index contributed by atoms with van der Waals surface area (Å²) in [5.74, 6) is -2.26. The van der Waals surface area contributed by atoms with Crippen molar-refractivity contribution in [2.45, 2.75) is 13.8 Å². The molecule has 0 atom stereocenters. The van der Waals surface area contributed by atoms with Crippen molar-refractivity contribution in [1.82, 2.24) is 5.01 Å². The van der Waals surface area contributed by atoms with E-state index in [4.69, 9.17) is 9.47 Å². The molecule has 1 amide bonds. The van der Waals surface area contributed by atoms with Crippen molar-refractivity contribution in [1.29, 1.82) is 0 Å². The van der Waals surface area contributed by atoms with E-state index < -0.39 is 17.8 Å². The molecule has 2 aromatic rings. The van der Waals surface area contributed by atoms with E-state index in [1.165, 1.54) is 6.21 Å². The molecule has 7 nitrogen and oxygen atoms in total. The minimum atomic E-state index is -0.872. The molecular formula is C22H21BrN2O5. The van der Waals surface area contributed by atoms with Crippen LogP contribution in [0.1, 0.15) is 29.8 Å². The topological polar surface area (TPSA) is 85.3 Å². The molecule has 0 spiro atoms. The smallest absolute Gasteiger partial charge is 0.357 e. The first kappa shape index (κ1) is 23.0. The Labute approximate surface area is 183 Å². The number of hydrazone groups is 1. The van der Waals surface area contributed by atoms with E-state index in [1.807, 2.05) is 12.1 Å². The van der Waals surface area contributed by atoms with Gasteiger partial charge in [-0.3, -0.25) is 4.79 Å². The maximum atomic E-state index is 13.1. The quantitative estimate of drug-likeness (QED) is 0.251. The number of nitrogens with zero attached hydrogens (tertiary/aromatic N) is 2. The number of rotatable bonds is 8. The maximum absolute atomic E-state index is 13.1. The zero-order chi connectivity index (χ0) is 21.9. The molecule has 8 heteroatoms. The Bertz CT molecular complexity index is 940. The lowest BCUT2D eigenvalue weighted by atomic mass is 10.2. The van der Waals surface area contributed by atoms with Gasteiger partial charge in [0.05, 0.1) is 25.5 Å². The third-order valence-electron chi connectivity index (χ3n) is 3.66. The summed E-state index contributed by atoms with van der Waals surface area (Å²) in [4.78, 5) is 37.7. The normalized spacial score (nSPS) is 11.2. The van der Waals surface area contributed by atoms with Crippen LogP contribution in [-0.2, 0) is 19.1 Å². The second-order valence-electron chi connectivity index (χ2n) is 5.78. The summed E-state index contributed by atoms with van der Waals surface area (Å²) < 4.78 is 10.8. The Balaban J connectivity index is 2.51. The molecular weight excluding hydrogens is 452 g/mol. The maximum Gasteiger partial charge on any atom is 0.357 e. The lowest BCUT2D eigenvalue weighted by Crippen LogP contribution is -2.31. The summed E-state index contributed by atoms with van der Waals surface area (Å²) in [5.41, 5.74) is 0.616. The number of halogens is 1. The van der Waals surface area contributed by atoms with Gasteiger partial charge in [-0.1, -0.05) is 46.3 Å². The van der Waals surface area contributed by atoms with Crippen molar-refractivity contribution in [3.05, 3.63) is 82.0 Å². The zero-order valence-electron chi connectivity index (χ0n) is 16.6. The first-order valence-electron chi connectivity index (χ1n) is 9.20. The zero-order valence-corrected chi connectivity index (χ0v) is 18.2. The van der Waals surface area contributed by atoms with E-state index in [1.54, 1.807) is 56.3 Å². The highest BCUT2D eigenvalue weighted by molar-refractivity contribution is 9.10. The van der Waals surface area contributed by atoms with Crippen LogP contribution in [0, 0.1) is 0 Å². The number of carbonyl (C=O) groups excluding carboxylic acids is 3. The third kappa shape index (κ3) is 6.66. The number of esters is 2. The Hall–Kier alpha value is -3.26. The van der Waals surface area contributed by atoms with Crippen LogP contribution in [0.25, 0.3) is 0 Å². The van der Waals surface area contributed by atoms with E-state index in [9.17, 15) is 14.4 Å². The molecule has 0 fully saturated rings. The van der Waals surface area contributed by atoms with Gasteiger partial charge in [-0.05, 0) is 43.7 Å². The Kier molecular flexibility index (Phi) is 8.96. The monoisotopic (exact) mass is 472 g/mol. The molecule has 0 bridgehead atoms. The number of hydrogen-bond acceptors (Lipinski definition) is 6. The standard InChI is InChI=1S/C22H21BrN2O5/c1-3-29-20(26)14-19(22(28)30-4-2)25(21(27)17-8-6-5-7-9-17)24-15-16-10-12-18(23)13-11-16/h5-15H,3-4H2,1-2H3/b19-14-,24-15+. The molecule has 2 aromatic carbocycles. The molecule has 0 N–H and O–H groups in total. The molecule has 30 heavy (non-hydrogen) atoms. The summed E-state index contributed by atoms with van der Waals surface area (Å²) in [7, 11) is 0. The van der Waals surface area contributed by atoms with Gasteiger partial charge in [0.15, 0.2) is 5.70 Å². The van der Waals surface area contributed by atoms with Crippen LogP contribution in [0.15, 0.2) is 75.9 Å². The molecule has 0 radical (unpaired) electrons. The highest BCUT2D eigenvalue weighted by atomic mass is 79.9. The van der Waals surface area contributed by atoms with E-state index in [0.29, 0.717) is 5.56 Å².